The lowest BCUT2D eigenvalue weighted by atomic mass is 10.2. The van der Waals surface area contributed by atoms with Gasteiger partial charge in [-0.05, 0) is 12.8 Å². The number of carbonyl (C=O) groups is 2. The summed E-state index contributed by atoms with van der Waals surface area (Å²) in [5, 5.41) is 0.917. The van der Waals surface area contributed by atoms with Crippen LogP contribution in [-0.4, -0.2) is 44.0 Å². The molecule has 0 aliphatic heterocycles. The fraction of sp³-hybridized carbons (Fsp3) is 0.636. The monoisotopic (exact) mass is 446 g/mol. The van der Waals surface area contributed by atoms with Gasteiger partial charge in [-0.25, -0.2) is 20.0 Å². The van der Waals surface area contributed by atoms with E-state index in [1.165, 1.54) is 0 Å². The zero-order valence-electron chi connectivity index (χ0n) is 11.4. The van der Waals surface area contributed by atoms with Gasteiger partial charge in [0.2, 0.25) is 7.59 Å². The Labute approximate surface area is 162 Å². The van der Waals surface area contributed by atoms with Crippen molar-refractivity contribution in [3.05, 3.63) is 12.2 Å². The van der Waals surface area contributed by atoms with Crippen molar-refractivity contribution in [2.45, 2.75) is 26.5 Å². The van der Waals surface area contributed by atoms with E-state index in [1.54, 1.807) is 6.08 Å². The summed E-state index contributed by atoms with van der Waals surface area (Å²) in [5.74, 6) is 0. The SMILES string of the molecule is O=C(NN(C(=O)OCC(Cl)(Cl)Cl)C1C=CCC1)OCC(Cl)(Cl)Cl. The topological polar surface area (TPSA) is 67.9 Å². The average molecular weight is 449 g/mol. The number of hydrazine groups is 1. The lowest BCUT2D eigenvalue weighted by Gasteiger charge is -2.27. The molecule has 0 bridgehead atoms. The molecule has 0 fully saturated rings. The van der Waals surface area contributed by atoms with Gasteiger partial charge in [0.15, 0.2) is 0 Å². The summed E-state index contributed by atoms with van der Waals surface area (Å²) in [6.07, 6.45) is 2.94. The largest absolute Gasteiger partial charge is 0.444 e. The first-order chi connectivity index (χ1) is 10.5. The van der Waals surface area contributed by atoms with Crippen molar-refractivity contribution in [2.24, 2.45) is 0 Å². The number of hydrogen-bond acceptors (Lipinski definition) is 4. The highest BCUT2D eigenvalue weighted by molar-refractivity contribution is 6.68. The number of amides is 2. The van der Waals surface area contributed by atoms with Crippen LogP contribution in [-0.2, 0) is 9.47 Å². The van der Waals surface area contributed by atoms with Gasteiger partial charge in [0, 0.05) is 0 Å². The lowest BCUT2D eigenvalue weighted by molar-refractivity contribution is 0.0609. The van der Waals surface area contributed by atoms with Crippen LogP contribution in [0.1, 0.15) is 12.8 Å². The number of nitrogens with one attached hydrogen (secondary N) is 1. The van der Waals surface area contributed by atoms with Gasteiger partial charge < -0.3 is 9.47 Å². The summed E-state index contributed by atoms with van der Waals surface area (Å²) in [5.41, 5.74) is 2.21. The van der Waals surface area contributed by atoms with Crippen LogP contribution in [0, 0.1) is 0 Å². The Kier molecular flexibility index (Phi) is 8.17. The van der Waals surface area contributed by atoms with Crippen LogP contribution in [0.4, 0.5) is 9.59 Å². The summed E-state index contributed by atoms with van der Waals surface area (Å²) in [6, 6.07) is -0.432. The van der Waals surface area contributed by atoms with Crippen molar-refractivity contribution < 1.29 is 19.1 Å². The average Bonchev–Trinajstić information content (AvgIpc) is 2.92. The summed E-state index contributed by atoms with van der Waals surface area (Å²) < 4.78 is 5.98. The second-order valence-corrected chi connectivity index (χ2v) is 9.45. The Morgan fingerprint density at radius 2 is 1.65 bits per heavy atom. The van der Waals surface area contributed by atoms with Crippen LogP contribution in [0.3, 0.4) is 0 Å². The number of hydrogen-bond donors (Lipinski definition) is 1. The Hall–Kier alpha value is 0.0200. The van der Waals surface area contributed by atoms with E-state index in [0.29, 0.717) is 6.42 Å². The molecule has 0 spiro atoms. The molecule has 1 aliphatic carbocycles. The van der Waals surface area contributed by atoms with E-state index in [1.807, 2.05) is 6.08 Å². The minimum absolute atomic E-state index is 0.432. The van der Waals surface area contributed by atoms with E-state index < -0.39 is 39.0 Å². The van der Waals surface area contributed by atoms with Gasteiger partial charge in [-0.3, -0.25) is 0 Å². The highest BCUT2D eigenvalue weighted by Gasteiger charge is 2.31. The van der Waals surface area contributed by atoms with Gasteiger partial charge in [-0.2, -0.15) is 0 Å². The van der Waals surface area contributed by atoms with Gasteiger partial charge in [0.05, 0.1) is 6.04 Å². The van der Waals surface area contributed by atoms with Crippen molar-refractivity contribution in [1.29, 1.82) is 0 Å². The van der Waals surface area contributed by atoms with Crippen LogP contribution in [0.25, 0.3) is 0 Å². The van der Waals surface area contributed by atoms with Crippen LogP contribution >= 0.6 is 69.6 Å². The molecule has 6 nitrogen and oxygen atoms in total. The quantitative estimate of drug-likeness (QED) is 0.391. The van der Waals surface area contributed by atoms with Crippen molar-refractivity contribution in [1.82, 2.24) is 10.4 Å². The number of halogens is 6. The minimum atomic E-state index is -1.77. The molecule has 0 aromatic heterocycles. The summed E-state index contributed by atoms with van der Waals surface area (Å²) in [4.78, 5) is 23.8. The summed E-state index contributed by atoms with van der Waals surface area (Å²) in [7, 11) is 0. The van der Waals surface area contributed by atoms with Gasteiger partial charge in [0.25, 0.3) is 0 Å². The van der Waals surface area contributed by atoms with Gasteiger partial charge in [-0.1, -0.05) is 81.8 Å². The molecule has 1 rings (SSSR count). The molecule has 1 atom stereocenters. The van der Waals surface area contributed by atoms with E-state index >= 15 is 0 Å². The third-order valence-corrected chi connectivity index (χ3v) is 3.11. The highest BCUT2D eigenvalue weighted by Crippen LogP contribution is 2.27. The number of ether oxygens (including phenoxy) is 2. The highest BCUT2D eigenvalue weighted by atomic mass is 35.6. The maximum Gasteiger partial charge on any atom is 0.429 e. The molecular weight excluding hydrogens is 437 g/mol. The van der Waals surface area contributed by atoms with E-state index in [0.717, 1.165) is 11.4 Å². The standard InChI is InChI=1S/C11H12Cl6N2O4/c12-10(13,14)5-22-8(20)18-19(7-3-1-2-4-7)9(21)23-6-11(15,16)17/h1,3,7H,2,4-6H2,(H,18,20). The number of nitrogens with zero attached hydrogens (tertiary/aromatic N) is 1. The molecule has 1 unspecified atom stereocenters. The molecule has 12 heteroatoms. The van der Waals surface area contributed by atoms with E-state index in [2.05, 4.69) is 5.43 Å². The van der Waals surface area contributed by atoms with Crippen molar-refractivity contribution in [2.75, 3.05) is 13.2 Å². The molecule has 0 saturated carbocycles. The predicted molar refractivity (Wildman–Crippen MR) is 90.4 cm³/mol. The fourth-order valence-corrected chi connectivity index (χ4v) is 1.91. The Morgan fingerprint density at radius 3 is 2.13 bits per heavy atom. The molecule has 132 valence electrons. The van der Waals surface area contributed by atoms with Gasteiger partial charge in [0.1, 0.15) is 13.2 Å². The third kappa shape index (κ3) is 9.17. The van der Waals surface area contributed by atoms with Gasteiger partial charge in [-0.15, -0.1) is 0 Å². The number of carbonyl (C=O) groups excluding carboxylic acids is 2. The molecule has 0 heterocycles. The van der Waals surface area contributed by atoms with Crippen LogP contribution < -0.4 is 5.43 Å². The normalized spacial score (nSPS) is 17.7. The van der Waals surface area contributed by atoms with E-state index in [-0.39, 0.29) is 0 Å². The molecular formula is C11H12Cl6N2O4. The third-order valence-electron chi connectivity index (χ3n) is 2.45. The molecule has 1 N–H and O–H groups in total. The predicted octanol–water partition coefficient (Wildman–Crippen LogP) is 4.53. The molecule has 0 aromatic carbocycles. The first-order valence-electron chi connectivity index (χ1n) is 6.17. The zero-order valence-corrected chi connectivity index (χ0v) is 15.9. The number of allylic oxidation sites excluding steroid dienone is 1. The number of alkyl halides is 6. The minimum Gasteiger partial charge on any atom is -0.444 e. The zero-order chi connectivity index (χ0) is 17.7. The summed E-state index contributed by atoms with van der Waals surface area (Å²) >= 11 is 32.9. The molecule has 0 aromatic rings. The maximum absolute atomic E-state index is 12.1. The van der Waals surface area contributed by atoms with Crippen molar-refractivity contribution in [3.8, 4) is 0 Å². The maximum atomic E-state index is 12.1. The molecule has 1 aliphatic rings. The van der Waals surface area contributed by atoms with Crippen molar-refractivity contribution in [3.63, 3.8) is 0 Å². The summed E-state index contributed by atoms with van der Waals surface area (Å²) in [6.45, 7) is -0.991. The second kappa shape index (κ2) is 8.92. The fourth-order valence-electron chi connectivity index (χ4n) is 1.59. The second-order valence-electron chi connectivity index (χ2n) is 4.42. The van der Waals surface area contributed by atoms with Crippen LogP contribution in [0.15, 0.2) is 12.2 Å². The molecule has 0 saturated heterocycles. The lowest BCUT2D eigenvalue weighted by Crippen LogP contribution is -2.51. The first-order valence-corrected chi connectivity index (χ1v) is 8.44. The number of rotatable bonds is 3. The van der Waals surface area contributed by atoms with E-state index in [9.17, 15) is 9.59 Å². The van der Waals surface area contributed by atoms with E-state index in [4.69, 9.17) is 79.1 Å². The first kappa shape index (κ1) is 21.1. The molecule has 23 heavy (non-hydrogen) atoms. The Balaban J connectivity index is 2.64. The Bertz CT molecular complexity index is 462. The van der Waals surface area contributed by atoms with Crippen LogP contribution in [0.5, 0.6) is 0 Å². The molecule has 0 radical (unpaired) electrons. The van der Waals surface area contributed by atoms with Crippen molar-refractivity contribution >= 4 is 81.8 Å². The molecule has 2 amide bonds. The van der Waals surface area contributed by atoms with Gasteiger partial charge >= 0.3 is 12.2 Å². The van der Waals surface area contributed by atoms with Crippen LogP contribution in [0.2, 0.25) is 0 Å². The smallest absolute Gasteiger partial charge is 0.429 e. The Morgan fingerprint density at radius 1 is 1.09 bits per heavy atom.